The van der Waals surface area contributed by atoms with Crippen molar-refractivity contribution in [1.29, 1.82) is 0 Å². The van der Waals surface area contributed by atoms with Gasteiger partial charge in [-0.2, -0.15) is 0 Å². The first kappa shape index (κ1) is 17.3. The molecule has 0 spiro atoms. The van der Waals surface area contributed by atoms with Crippen LogP contribution in [0.4, 0.5) is 0 Å². The number of pyridine rings is 1. The molecule has 1 heterocycles. The quantitative estimate of drug-likeness (QED) is 0.752. The van der Waals surface area contributed by atoms with Gasteiger partial charge >= 0.3 is 37.7 Å². The number of phenols is 1. The molecule has 0 atom stereocenters. The summed E-state index contributed by atoms with van der Waals surface area (Å²) in [6.45, 7) is 0. The zero-order valence-electron chi connectivity index (χ0n) is 9.37. The maximum Gasteiger partial charge on any atom is 2.00 e. The largest absolute Gasteiger partial charge is 2.00 e. The van der Waals surface area contributed by atoms with Crippen LogP contribution in [0.2, 0.25) is 0 Å². The Labute approximate surface area is 141 Å². The third kappa shape index (κ3) is 3.82. The average molecular weight is 299 g/mol. The number of fused-ring (bicyclic) bond motifs is 1. The maximum atomic E-state index is 9.31. The number of aromatic nitrogens is 1. The van der Waals surface area contributed by atoms with Crippen LogP contribution in [0.3, 0.4) is 0 Å². The average Bonchev–Trinajstić information content (AvgIpc) is 2.06. The summed E-state index contributed by atoms with van der Waals surface area (Å²) in [5.41, 5.74) is 0.662. The van der Waals surface area contributed by atoms with Gasteiger partial charge in [0.2, 0.25) is 0 Å². The van der Waals surface area contributed by atoms with Crippen LogP contribution in [0.5, 0.6) is 5.75 Å². The van der Waals surface area contributed by atoms with Crippen molar-refractivity contribution in [2.24, 2.45) is 0 Å². The van der Waals surface area contributed by atoms with Gasteiger partial charge < -0.3 is 7.96 Å². The summed E-state index contributed by atoms with van der Waals surface area (Å²) in [5, 5.41) is 10.3. The van der Waals surface area contributed by atoms with Crippen LogP contribution in [0.1, 0.15) is 2.85 Å². The van der Waals surface area contributed by atoms with Gasteiger partial charge in [-0.1, -0.05) is 18.2 Å². The van der Waals surface area contributed by atoms with Gasteiger partial charge in [0.05, 0.1) is 0 Å². The van der Waals surface area contributed by atoms with Crippen LogP contribution in [-0.2, 0) is 38.8 Å². The molecule has 1 aromatic heterocycles. The summed E-state index contributed by atoms with van der Waals surface area (Å²) in [6.07, 6.45) is 1.67. The number of para-hydroxylation sites is 1. The third-order valence-electron chi connectivity index (χ3n) is 1.61. The molecule has 0 fully saturated rings. The Balaban J connectivity index is -0.000000144. The smallest absolute Gasteiger partial charge is 1.00 e. The minimum Gasteiger partial charge on any atom is -1.00 e. The molecule has 2 aromatic rings. The van der Waals surface area contributed by atoms with E-state index in [-0.39, 0.29) is 85.1 Å². The Bertz CT molecular complexity index is 403. The van der Waals surface area contributed by atoms with Gasteiger partial charge in [0.15, 0.2) is 0 Å². The van der Waals surface area contributed by atoms with E-state index in [1.165, 1.54) is 0 Å². The van der Waals surface area contributed by atoms with E-state index in [2.05, 4.69) is 4.98 Å². The fourth-order valence-corrected chi connectivity index (χ4v) is 1.09. The van der Waals surface area contributed by atoms with Crippen LogP contribution in [0, 0.1) is 0 Å². The molecule has 1 aromatic carbocycles. The Morgan fingerprint density at radius 2 is 1.79 bits per heavy atom. The zero-order valence-corrected chi connectivity index (χ0v) is 12.1. The first-order chi connectivity index (χ1) is 5.38. The molecule has 0 amide bonds. The molecule has 73 valence electrons. The van der Waals surface area contributed by atoms with Crippen molar-refractivity contribution in [3.05, 3.63) is 36.5 Å². The fraction of sp³-hybridized carbons (Fsp3) is 0. The van der Waals surface area contributed by atoms with Crippen molar-refractivity contribution in [2.75, 3.05) is 0 Å². The summed E-state index contributed by atoms with van der Waals surface area (Å²) < 4.78 is 0. The molecule has 0 bridgehead atoms. The van der Waals surface area contributed by atoms with Gasteiger partial charge in [0.1, 0.15) is 11.3 Å². The minimum absolute atomic E-state index is 0. The molecule has 14 heavy (non-hydrogen) atoms. The standard InChI is InChI=1S/C9H7NO.Ca.Cu.Ti.2H/c11-8-5-1-3-7-4-2-6-10-9(7)8;;;;;/h1-6,11H;;;;;/q;+2;;;2*-1. The third-order valence-corrected chi connectivity index (χ3v) is 1.61. The van der Waals surface area contributed by atoms with E-state index < -0.39 is 0 Å². The number of phenolic OH excluding ortho intramolecular Hbond substituents is 1. The SMILES string of the molecule is Oc1cccc2cccnc12.[Ca+2].[Cu].[H-].[H-].[Ti]. The first-order valence-corrected chi connectivity index (χ1v) is 3.40. The number of rotatable bonds is 0. The molecular formula is C9H9CaCuNOTi. The summed E-state index contributed by atoms with van der Waals surface area (Å²) in [4.78, 5) is 4.03. The normalized spacial score (nSPS) is 8.00. The number of benzene rings is 1. The first-order valence-electron chi connectivity index (χ1n) is 3.40. The van der Waals surface area contributed by atoms with Crippen LogP contribution in [-0.4, -0.2) is 47.8 Å². The van der Waals surface area contributed by atoms with Gasteiger partial charge in [-0.05, 0) is 12.1 Å². The molecule has 0 aliphatic rings. The van der Waals surface area contributed by atoms with Gasteiger partial charge in [0, 0.05) is 50.4 Å². The summed E-state index contributed by atoms with van der Waals surface area (Å²) in [7, 11) is 0. The molecule has 0 saturated carbocycles. The summed E-state index contributed by atoms with van der Waals surface area (Å²) >= 11 is 0. The Morgan fingerprint density at radius 1 is 1.14 bits per heavy atom. The molecule has 1 radical (unpaired) electrons. The van der Waals surface area contributed by atoms with Gasteiger partial charge in [-0.15, -0.1) is 0 Å². The van der Waals surface area contributed by atoms with Crippen LogP contribution < -0.4 is 0 Å². The monoisotopic (exact) mass is 298 g/mol. The van der Waals surface area contributed by atoms with E-state index in [0.717, 1.165) is 5.39 Å². The van der Waals surface area contributed by atoms with Crippen LogP contribution >= 0.6 is 0 Å². The van der Waals surface area contributed by atoms with E-state index in [9.17, 15) is 5.11 Å². The van der Waals surface area contributed by atoms with E-state index in [1.54, 1.807) is 18.3 Å². The predicted molar refractivity (Wildman–Crippen MR) is 51.4 cm³/mol. The number of hydrogen-bond donors (Lipinski definition) is 1. The second kappa shape index (κ2) is 8.12. The van der Waals surface area contributed by atoms with E-state index in [0.29, 0.717) is 5.52 Å². The van der Waals surface area contributed by atoms with E-state index in [4.69, 9.17) is 0 Å². The van der Waals surface area contributed by atoms with E-state index >= 15 is 0 Å². The molecular weight excluding hydrogens is 290 g/mol. The van der Waals surface area contributed by atoms with Crippen LogP contribution in [0.15, 0.2) is 36.5 Å². The molecule has 2 rings (SSSR count). The molecule has 0 saturated heterocycles. The summed E-state index contributed by atoms with van der Waals surface area (Å²) in [6, 6.07) is 9.13. The van der Waals surface area contributed by atoms with Gasteiger partial charge in [0.25, 0.3) is 0 Å². The second-order valence-corrected chi connectivity index (χ2v) is 2.35. The zero-order chi connectivity index (χ0) is 7.68. The Hall–Kier alpha value is 0.924. The van der Waals surface area contributed by atoms with Gasteiger partial charge in [-0.25, -0.2) is 0 Å². The molecule has 2 nitrogen and oxygen atoms in total. The maximum absolute atomic E-state index is 9.31. The number of nitrogens with zero attached hydrogens (tertiary/aromatic N) is 1. The van der Waals surface area contributed by atoms with Gasteiger partial charge in [-0.3, -0.25) is 4.98 Å². The minimum atomic E-state index is 0. The van der Waals surface area contributed by atoms with E-state index in [1.807, 2.05) is 18.2 Å². The summed E-state index contributed by atoms with van der Waals surface area (Å²) in [5.74, 6) is 0.239. The molecule has 1 N–H and O–H groups in total. The van der Waals surface area contributed by atoms with Crippen molar-refractivity contribution < 1.29 is 46.7 Å². The molecule has 5 heteroatoms. The van der Waals surface area contributed by atoms with Crippen molar-refractivity contribution in [3.8, 4) is 5.75 Å². The topological polar surface area (TPSA) is 33.1 Å². The fourth-order valence-electron chi connectivity index (χ4n) is 1.09. The van der Waals surface area contributed by atoms with Crippen molar-refractivity contribution in [2.45, 2.75) is 0 Å². The number of hydrogen-bond acceptors (Lipinski definition) is 2. The predicted octanol–water partition coefficient (Wildman–Crippen LogP) is 1.78. The van der Waals surface area contributed by atoms with Crippen LogP contribution in [0.25, 0.3) is 10.9 Å². The molecule has 0 unspecified atom stereocenters. The molecule has 0 aliphatic heterocycles. The second-order valence-electron chi connectivity index (χ2n) is 2.35. The van der Waals surface area contributed by atoms with Crippen molar-refractivity contribution in [3.63, 3.8) is 0 Å². The van der Waals surface area contributed by atoms with Crippen molar-refractivity contribution >= 4 is 48.6 Å². The number of aromatic hydroxyl groups is 1. The molecule has 0 aliphatic carbocycles. The Morgan fingerprint density at radius 3 is 2.43 bits per heavy atom. The van der Waals surface area contributed by atoms with Crippen molar-refractivity contribution in [1.82, 2.24) is 4.98 Å². The Kier molecular flexibility index (Phi) is 10.0.